The number of carbonyl (C=O) groups is 2. The molecule has 8 rings (SSSR count). The summed E-state index contributed by atoms with van der Waals surface area (Å²) in [6.45, 7) is 0.243. The van der Waals surface area contributed by atoms with E-state index in [2.05, 4.69) is 10.3 Å². The predicted molar refractivity (Wildman–Crippen MR) is 184 cm³/mol. The van der Waals surface area contributed by atoms with Gasteiger partial charge in [0.1, 0.15) is 48.5 Å². The minimum atomic E-state index is -2.07. The summed E-state index contributed by atoms with van der Waals surface area (Å²) >= 11 is 0. The molecule has 1 saturated heterocycles. The summed E-state index contributed by atoms with van der Waals surface area (Å²) in [6.07, 6.45) is -7.03. The van der Waals surface area contributed by atoms with Crippen molar-refractivity contribution in [2.45, 2.75) is 60.9 Å². The fourth-order valence-corrected chi connectivity index (χ4v) is 7.70. The zero-order valence-corrected chi connectivity index (χ0v) is 28.4. The van der Waals surface area contributed by atoms with Crippen LogP contribution in [0.2, 0.25) is 0 Å². The summed E-state index contributed by atoms with van der Waals surface area (Å²) in [7, 11) is 3.10. The molecule has 0 bridgehead atoms. The van der Waals surface area contributed by atoms with Crippen molar-refractivity contribution in [3.63, 3.8) is 0 Å². The zero-order chi connectivity index (χ0) is 37.2. The van der Waals surface area contributed by atoms with Gasteiger partial charge in [0, 0.05) is 39.9 Å². The number of rotatable bonds is 8. The molecule has 4 aliphatic heterocycles. The summed E-state index contributed by atoms with van der Waals surface area (Å²) in [5.41, 5.74) is 8.10. The number of nitrogens with one attached hydrogen (secondary N) is 2. The Bertz CT molecular complexity index is 2120. The number of benzene rings is 3. The van der Waals surface area contributed by atoms with Crippen LogP contribution in [0.25, 0.3) is 22.0 Å². The number of esters is 1. The number of carbonyl (C=O) groups excluding carboxylic acids is 1. The molecule has 4 aliphatic rings. The van der Waals surface area contributed by atoms with Gasteiger partial charge in [-0.1, -0.05) is 24.3 Å². The lowest BCUT2D eigenvalue weighted by Crippen LogP contribution is -2.74. The number of aliphatic hydroxyl groups is 3. The highest BCUT2D eigenvalue weighted by Crippen LogP contribution is 2.58. The van der Waals surface area contributed by atoms with Crippen molar-refractivity contribution in [1.29, 1.82) is 0 Å². The molecular formula is C37H37N3O13. The SMILES string of the molecule is COc1ccc2c(c1OC)OC1c3c(cc(OC4OC5(C=CNC(N)C5OC(=O)CC(=O)O)C(O)C(O)C4O)cc3-c3c[nH]c4ccccc34)OCC21. The van der Waals surface area contributed by atoms with Crippen molar-refractivity contribution in [2.24, 2.45) is 5.73 Å². The third-order valence-electron chi connectivity index (χ3n) is 10.2. The maximum atomic E-state index is 12.5. The highest BCUT2D eigenvalue weighted by molar-refractivity contribution is 5.97. The smallest absolute Gasteiger partial charge is 0.317 e. The minimum Gasteiger partial charge on any atom is -0.493 e. The maximum absolute atomic E-state index is 12.5. The van der Waals surface area contributed by atoms with E-state index >= 15 is 0 Å². The number of aromatic nitrogens is 1. The molecule has 0 saturated carbocycles. The maximum Gasteiger partial charge on any atom is 0.317 e. The van der Waals surface area contributed by atoms with Crippen LogP contribution in [0, 0.1) is 0 Å². The molecule has 1 spiro atoms. The van der Waals surface area contributed by atoms with Crippen LogP contribution in [0.1, 0.15) is 29.6 Å². The average Bonchev–Trinajstić information content (AvgIpc) is 3.75. The quantitative estimate of drug-likeness (QED) is 0.101. The van der Waals surface area contributed by atoms with E-state index in [1.54, 1.807) is 26.4 Å². The Hall–Kier alpha value is -5.52. The summed E-state index contributed by atoms with van der Waals surface area (Å²) in [6, 6.07) is 14.8. The first-order valence-corrected chi connectivity index (χ1v) is 16.8. The van der Waals surface area contributed by atoms with Crippen molar-refractivity contribution < 1.29 is 63.2 Å². The largest absolute Gasteiger partial charge is 0.493 e. The van der Waals surface area contributed by atoms with Gasteiger partial charge < -0.3 is 69.6 Å². The molecular weight excluding hydrogens is 694 g/mol. The molecule has 1 fully saturated rings. The normalized spacial score (nSPS) is 29.5. The van der Waals surface area contributed by atoms with Gasteiger partial charge in [-0.15, -0.1) is 0 Å². The van der Waals surface area contributed by atoms with Crippen LogP contribution in [-0.4, -0.2) is 101 Å². The van der Waals surface area contributed by atoms with Crippen LogP contribution in [0.5, 0.6) is 28.7 Å². The molecule has 0 radical (unpaired) electrons. The Morgan fingerprint density at radius 2 is 1.85 bits per heavy atom. The molecule has 53 heavy (non-hydrogen) atoms. The lowest BCUT2D eigenvalue weighted by Gasteiger charge is -2.52. The topological polar surface area (TPSA) is 234 Å². The van der Waals surface area contributed by atoms with E-state index in [1.807, 2.05) is 42.6 Å². The van der Waals surface area contributed by atoms with Crippen molar-refractivity contribution >= 4 is 22.8 Å². The van der Waals surface area contributed by atoms with Gasteiger partial charge >= 0.3 is 11.9 Å². The molecule has 4 aromatic rings. The van der Waals surface area contributed by atoms with Gasteiger partial charge in [-0.25, -0.2) is 0 Å². The van der Waals surface area contributed by atoms with Crippen LogP contribution in [0.3, 0.4) is 0 Å². The highest BCUT2D eigenvalue weighted by Gasteiger charge is 2.61. The average molecular weight is 732 g/mol. The summed E-state index contributed by atoms with van der Waals surface area (Å²) in [5.74, 6) is -0.705. The van der Waals surface area contributed by atoms with Gasteiger partial charge in [0.25, 0.3) is 0 Å². The predicted octanol–water partition coefficient (Wildman–Crippen LogP) is 1.81. The molecule has 9 unspecified atom stereocenters. The van der Waals surface area contributed by atoms with Crippen molar-refractivity contribution in [3.8, 4) is 39.9 Å². The Morgan fingerprint density at radius 1 is 1.04 bits per heavy atom. The van der Waals surface area contributed by atoms with E-state index in [4.69, 9.17) is 44.0 Å². The molecule has 8 N–H and O–H groups in total. The highest BCUT2D eigenvalue weighted by atomic mass is 16.7. The number of carboxylic acids is 1. The van der Waals surface area contributed by atoms with Crippen molar-refractivity contribution in [2.75, 3.05) is 20.8 Å². The van der Waals surface area contributed by atoms with E-state index in [-0.39, 0.29) is 18.3 Å². The molecule has 3 aromatic carbocycles. The number of nitrogens with two attached hydrogens (primary N) is 1. The molecule has 5 heterocycles. The summed E-state index contributed by atoms with van der Waals surface area (Å²) in [5, 5.41) is 46.3. The number of methoxy groups -OCH3 is 2. The molecule has 278 valence electrons. The molecule has 0 amide bonds. The fourth-order valence-electron chi connectivity index (χ4n) is 7.70. The fraction of sp³-hybridized carbons (Fsp3) is 0.351. The number of aliphatic carboxylic acids is 1. The number of aliphatic hydroxyl groups excluding tert-OH is 3. The Labute approximate surface area is 301 Å². The first kappa shape index (κ1) is 34.6. The number of fused-ring (bicyclic) bond motifs is 6. The van der Waals surface area contributed by atoms with E-state index in [0.717, 1.165) is 27.6 Å². The number of H-pyrrole nitrogens is 1. The van der Waals surface area contributed by atoms with Crippen LogP contribution >= 0.6 is 0 Å². The van der Waals surface area contributed by atoms with E-state index < -0.39 is 66.9 Å². The second-order valence-electron chi connectivity index (χ2n) is 13.2. The van der Waals surface area contributed by atoms with Crippen molar-refractivity contribution in [3.05, 3.63) is 78.1 Å². The molecule has 9 atom stereocenters. The number of hydrogen-bond acceptors (Lipinski definition) is 14. The number of hydrogen-bond donors (Lipinski definition) is 7. The standard InChI is InChI=1S/C37H37N3O13/c1-47-23-8-7-18-21-15-49-24-12-16(11-19(20-14-40-22-6-4-3-5-17(20)22)27(24)30(21)52-31(18)32(23)48-2)50-36-29(45)28(44)33(46)37(53-36)9-10-39-35(38)34(37)51-26(43)13-25(41)42/h3-12,14,21,28-30,33-36,39-40,44-46H,13,15,38H2,1-2H3,(H,41,42). The Morgan fingerprint density at radius 3 is 2.62 bits per heavy atom. The first-order valence-electron chi connectivity index (χ1n) is 16.8. The first-order chi connectivity index (χ1) is 25.5. The van der Waals surface area contributed by atoms with Crippen LogP contribution in [-0.2, 0) is 19.1 Å². The Kier molecular flexibility index (Phi) is 8.58. The summed E-state index contributed by atoms with van der Waals surface area (Å²) in [4.78, 5) is 27.0. The lowest BCUT2D eigenvalue weighted by atomic mass is 9.79. The monoisotopic (exact) mass is 731 g/mol. The van der Waals surface area contributed by atoms with Gasteiger partial charge in [0.05, 0.1) is 26.7 Å². The van der Waals surface area contributed by atoms with Gasteiger partial charge in [-0.05, 0) is 36.0 Å². The third-order valence-corrected chi connectivity index (χ3v) is 10.2. The van der Waals surface area contributed by atoms with Gasteiger partial charge in [-0.2, -0.15) is 0 Å². The molecule has 1 aromatic heterocycles. The molecule has 16 heteroatoms. The Balaban J connectivity index is 1.20. The molecule has 16 nitrogen and oxygen atoms in total. The van der Waals surface area contributed by atoms with E-state index in [9.17, 15) is 24.9 Å². The van der Waals surface area contributed by atoms with Crippen LogP contribution in [0.4, 0.5) is 0 Å². The number of aromatic amines is 1. The minimum absolute atomic E-state index is 0.154. The van der Waals surface area contributed by atoms with Crippen LogP contribution in [0.15, 0.2) is 67.0 Å². The van der Waals surface area contributed by atoms with Crippen LogP contribution < -0.4 is 34.7 Å². The number of para-hydroxylation sites is 1. The lowest BCUT2D eigenvalue weighted by molar-refractivity contribution is -0.321. The van der Waals surface area contributed by atoms with E-state index in [0.29, 0.717) is 28.6 Å². The van der Waals surface area contributed by atoms with E-state index in [1.165, 1.54) is 12.3 Å². The zero-order valence-electron chi connectivity index (χ0n) is 28.4. The number of carboxylic acid groups (broad SMARTS) is 1. The summed E-state index contributed by atoms with van der Waals surface area (Å²) < 4.78 is 42.2. The molecule has 0 aliphatic carbocycles. The van der Waals surface area contributed by atoms with Gasteiger partial charge in [0.2, 0.25) is 12.0 Å². The van der Waals surface area contributed by atoms with Gasteiger partial charge in [-0.3, -0.25) is 9.59 Å². The van der Waals surface area contributed by atoms with Crippen molar-refractivity contribution in [1.82, 2.24) is 10.3 Å². The second-order valence-corrected chi connectivity index (χ2v) is 13.2. The second kappa shape index (κ2) is 13.2. The number of ether oxygens (including phenoxy) is 7. The third kappa shape index (κ3) is 5.57. The van der Waals surface area contributed by atoms with Gasteiger partial charge in [0.15, 0.2) is 23.2 Å².